The van der Waals surface area contributed by atoms with Crippen LogP contribution < -0.4 is 0 Å². The van der Waals surface area contributed by atoms with Gasteiger partial charge in [0.25, 0.3) is 0 Å². The summed E-state index contributed by atoms with van der Waals surface area (Å²) in [5, 5.41) is 2.57. The lowest BCUT2D eigenvalue weighted by atomic mass is 9.87. The first-order valence-electron chi connectivity index (χ1n) is 13.0. The summed E-state index contributed by atoms with van der Waals surface area (Å²) in [6.07, 6.45) is 8.07. The molecule has 1 aromatic heterocycles. The Morgan fingerprint density at radius 3 is 2.00 bits per heavy atom. The number of aromatic nitrogens is 1. The molecular formula is C36H27N. The van der Waals surface area contributed by atoms with Crippen molar-refractivity contribution in [2.45, 2.75) is 12.3 Å². The number of fused-ring (bicyclic) bond motifs is 3. The van der Waals surface area contributed by atoms with Gasteiger partial charge in [-0.2, -0.15) is 0 Å². The van der Waals surface area contributed by atoms with Crippen molar-refractivity contribution in [2.24, 2.45) is 0 Å². The van der Waals surface area contributed by atoms with Gasteiger partial charge in [0.1, 0.15) is 0 Å². The van der Waals surface area contributed by atoms with Crippen LogP contribution in [0, 0.1) is 0 Å². The number of hydrogen-bond acceptors (Lipinski definition) is 0. The third-order valence-electron chi connectivity index (χ3n) is 7.54. The van der Waals surface area contributed by atoms with E-state index in [0.717, 1.165) is 6.42 Å². The second kappa shape index (κ2) is 9.11. The van der Waals surface area contributed by atoms with E-state index in [1.165, 1.54) is 55.3 Å². The molecule has 1 atom stereocenters. The van der Waals surface area contributed by atoms with E-state index in [9.17, 15) is 0 Å². The summed E-state index contributed by atoms with van der Waals surface area (Å²) in [6, 6.07) is 46.0. The fraction of sp³-hybridized carbons (Fsp3) is 0.0556. The molecule has 0 bridgehead atoms. The molecule has 0 amide bonds. The number of rotatable bonds is 4. The molecule has 0 aliphatic heterocycles. The van der Waals surface area contributed by atoms with Crippen LogP contribution in [0.15, 0.2) is 146 Å². The van der Waals surface area contributed by atoms with Crippen molar-refractivity contribution in [3.05, 3.63) is 157 Å². The standard InChI is InChI=1S/C36H27N/c1-3-10-26(11-4-1)28-18-21-32(22-19-28)37-35-17-8-7-16-33(35)34-23-20-31(25-36(34)37)30-15-9-14-29(24-30)27-12-5-2-6-13-27/h1-13,15-25,29H,14H2. The Bertz CT molecular complexity index is 1770. The first-order valence-corrected chi connectivity index (χ1v) is 13.0. The van der Waals surface area contributed by atoms with Crippen LogP contribution >= 0.6 is 0 Å². The van der Waals surface area contributed by atoms with Crippen molar-refractivity contribution < 1.29 is 0 Å². The molecule has 37 heavy (non-hydrogen) atoms. The maximum atomic E-state index is 2.43. The van der Waals surface area contributed by atoms with Crippen LogP contribution in [0.1, 0.15) is 23.5 Å². The molecule has 0 spiro atoms. The predicted molar refractivity (Wildman–Crippen MR) is 157 cm³/mol. The maximum Gasteiger partial charge on any atom is 0.0547 e. The molecule has 1 nitrogen and oxygen atoms in total. The quantitative estimate of drug-likeness (QED) is 0.240. The Morgan fingerprint density at radius 2 is 1.19 bits per heavy atom. The molecule has 1 aliphatic carbocycles. The summed E-state index contributed by atoms with van der Waals surface area (Å²) in [5.41, 5.74) is 10.0. The zero-order valence-electron chi connectivity index (χ0n) is 20.6. The summed E-state index contributed by atoms with van der Waals surface area (Å²) < 4.78 is 2.41. The van der Waals surface area contributed by atoms with Gasteiger partial charge in [0.15, 0.2) is 0 Å². The second-order valence-electron chi connectivity index (χ2n) is 9.77. The predicted octanol–water partition coefficient (Wildman–Crippen LogP) is 9.58. The smallest absolute Gasteiger partial charge is 0.0547 e. The average Bonchev–Trinajstić information content (AvgIpc) is 3.32. The van der Waals surface area contributed by atoms with E-state index in [1.54, 1.807) is 0 Å². The van der Waals surface area contributed by atoms with Gasteiger partial charge in [-0.05, 0) is 58.5 Å². The van der Waals surface area contributed by atoms with Gasteiger partial charge in [-0.1, -0.05) is 121 Å². The third-order valence-corrected chi connectivity index (χ3v) is 7.54. The summed E-state index contributed by atoms with van der Waals surface area (Å²) in [4.78, 5) is 0. The van der Waals surface area contributed by atoms with Crippen molar-refractivity contribution in [1.29, 1.82) is 0 Å². The van der Waals surface area contributed by atoms with E-state index >= 15 is 0 Å². The minimum atomic E-state index is 0.410. The highest BCUT2D eigenvalue weighted by Gasteiger charge is 2.16. The molecule has 1 unspecified atom stereocenters. The Labute approximate surface area is 217 Å². The van der Waals surface area contributed by atoms with Crippen LogP contribution in [0.5, 0.6) is 0 Å². The molecule has 1 heteroatoms. The van der Waals surface area contributed by atoms with Gasteiger partial charge < -0.3 is 4.57 Å². The lowest BCUT2D eigenvalue weighted by Crippen LogP contribution is -1.99. The zero-order valence-corrected chi connectivity index (χ0v) is 20.6. The molecule has 0 N–H and O–H groups in total. The third kappa shape index (κ3) is 3.90. The molecule has 0 fully saturated rings. The van der Waals surface area contributed by atoms with Crippen LogP contribution in [0.25, 0.3) is 44.2 Å². The molecular weight excluding hydrogens is 446 g/mol. The molecule has 1 aliphatic rings. The molecule has 0 radical (unpaired) electrons. The maximum absolute atomic E-state index is 2.43. The molecule has 7 rings (SSSR count). The van der Waals surface area contributed by atoms with Crippen molar-refractivity contribution >= 4 is 27.4 Å². The van der Waals surface area contributed by atoms with E-state index in [2.05, 4.69) is 150 Å². The fourth-order valence-electron chi connectivity index (χ4n) is 5.67. The van der Waals surface area contributed by atoms with Crippen molar-refractivity contribution in [2.75, 3.05) is 0 Å². The highest BCUT2D eigenvalue weighted by Crippen LogP contribution is 2.36. The van der Waals surface area contributed by atoms with Gasteiger partial charge >= 0.3 is 0 Å². The minimum absolute atomic E-state index is 0.410. The number of allylic oxidation sites excluding steroid dienone is 4. The van der Waals surface area contributed by atoms with Gasteiger partial charge in [-0.3, -0.25) is 0 Å². The summed E-state index contributed by atoms with van der Waals surface area (Å²) >= 11 is 0. The molecule has 176 valence electrons. The summed E-state index contributed by atoms with van der Waals surface area (Å²) in [6.45, 7) is 0. The van der Waals surface area contributed by atoms with E-state index < -0.39 is 0 Å². The van der Waals surface area contributed by atoms with E-state index in [4.69, 9.17) is 0 Å². The van der Waals surface area contributed by atoms with E-state index in [-0.39, 0.29) is 0 Å². The number of benzene rings is 5. The van der Waals surface area contributed by atoms with Crippen molar-refractivity contribution in [3.8, 4) is 16.8 Å². The Hall–Kier alpha value is -4.62. The largest absolute Gasteiger partial charge is 0.309 e. The van der Waals surface area contributed by atoms with Crippen LogP contribution in [-0.4, -0.2) is 4.57 Å². The lowest BCUT2D eigenvalue weighted by Gasteiger charge is -2.18. The van der Waals surface area contributed by atoms with Crippen LogP contribution in [0.3, 0.4) is 0 Å². The molecule has 6 aromatic rings. The Morgan fingerprint density at radius 1 is 0.541 bits per heavy atom. The lowest BCUT2D eigenvalue weighted by molar-refractivity contribution is 0.857. The molecule has 0 saturated carbocycles. The van der Waals surface area contributed by atoms with E-state index in [0.29, 0.717) is 5.92 Å². The average molecular weight is 474 g/mol. The van der Waals surface area contributed by atoms with Gasteiger partial charge in [-0.25, -0.2) is 0 Å². The fourth-order valence-corrected chi connectivity index (χ4v) is 5.67. The van der Waals surface area contributed by atoms with Crippen LogP contribution in [0.4, 0.5) is 0 Å². The number of para-hydroxylation sites is 1. The van der Waals surface area contributed by atoms with Crippen molar-refractivity contribution in [1.82, 2.24) is 4.57 Å². The first kappa shape index (κ1) is 21.6. The van der Waals surface area contributed by atoms with Gasteiger partial charge in [0.2, 0.25) is 0 Å². The highest BCUT2D eigenvalue weighted by atomic mass is 15.0. The second-order valence-corrected chi connectivity index (χ2v) is 9.77. The van der Waals surface area contributed by atoms with Gasteiger partial charge in [-0.15, -0.1) is 0 Å². The number of nitrogens with zero attached hydrogens (tertiary/aromatic N) is 1. The SMILES string of the molecule is C1=CC(c2ccc3c4ccccc4n(-c4ccc(-c5ccccc5)cc4)c3c2)=CC(c2ccccc2)C1. The van der Waals surface area contributed by atoms with Crippen LogP contribution in [0.2, 0.25) is 0 Å². The van der Waals surface area contributed by atoms with Gasteiger partial charge in [0, 0.05) is 22.4 Å². The molecule has 5 aromatic carbocycles. The van der Waals surface area contributed by atoms with E-state index in [1.807, 2.05) is 0 Å². The minimum Gasteiger partial charge on any atom is -0.309 e. The Balaban J connectivity index is 1.36. The summed E-state index contributed by atoms with van der Waals surface area (Å²) in [7, 11) is 0. The van der Waals surface area contributed by atoms with Gasteiger partial charge in [0.05, 0.1) is 11.0 Å². The highest BCUT2D eigenvalue weighted by molar-refractivity contribution is 6.10. The molecule has 1 heterocycles. The topological polar surface area (TPSA) is 4.93 Å². The normalized spacial score (nSPS) is 15.2. The Kier molecular flexibility index (Phi) is 5.33. The first-order chi connectivity index (χ1) is 18.3. The zero-order chi connectivity index (χ0) is 24.6. The molecule has 0 saturated heterocycles. The van der Waals surface area contributed by atoms with Crippen LogP contribution in [-0.2, 0) is 0 Å². The number of hydrogen-bond donors (Lipinski definition) is 0. The van der Waals surface area contributed by atoms with Crippen molar-refractivity contribution in [3.63, 3.8) is 0 Å². The monoisotopic (exact) mass is 473 g/mol. The summed E-state index contributed by atoms with van der Waals surface area (Å²) in [5.74, 6) is 0.410.